The number of aromatic nitrogens is 2. The Morgan fingerprint density at radius 3 is 2.83 bits per heavy atom. The summed E-state index contributed by atoms with van der Waals surface area (Å²) in [4.78, 5) is 14.9. The predicted molar refractivity (Wildman–Crippen MR) is 92.8 cm³/mol. The third kappa shape index (κ3) is 3.67. The average Bonchev–Trinajstić information content (AvgIpc) is 3.17. The maximum Gasteiger partial charge on any atom is 0.254 e. The third-order valence-electron chi connectivity index (χ3n) is 5.01. The molecule has 1 atom stereocenters. The highest BCUT2D eigenvalue weighted by molar-refractivity contribution is 5.93. The molecular weight excluding hydrogens is 300 g/mol. The molecule has 2 aromatic rings. The van der Waals surface area contributed by atoms with Gasteiger partial charge < -0.3 is 10.2 Å². The SMILES string of the molecule is O=C(NCC1CCN(C2CC2)C1)c1cnn(Cc2ccccc2)c1. The van der Waals surface area contributed by atoms with Gasteiger partial charge in [0, 0.05) is 25.3 Å². The molecule has 5 nitrogen and oxygen atoms in total. The molecule has 1 aliphatic carbocycles. The monoisotopic (exact) mass is 324 g/mol. The Kier molecular flexibility index (Phi) is 4.34. The lowest BCUT2D eigenvalue weighted by Gasteiger charge is -2.14. The van der Waals surface area contributed by atoms with Gasteiger partial charge >= 0.3 is 0 Å². The van der Waals surface area contributed by atoms with Crippen molar-refractivity contribution >= 4 is 5.91 Å². The molecule has 1 aromatic carbocycles. The first-order chi connectivity index (χ1) is 11.8. The zero-order valence-electron chi connectivity index (χ0n) is 13.9. The molecule has 2 aliphatic rings. The Morgan fingerprint density at radius 2 is 2.04 bits per heavy atom. The van der Waals surface area contributed by atoms with Crippen LogP contribution in [-0.4, -0.2) is 46.3 Å². The van der Waals surface area contributed by atoms with Crippen molar-refractivity contribution in [3.05, 3.63) is 53.9 Å². The summed E-state index contributed by atoms with van der Waals surface area (Å²) in [5.74, 6) is 0.577. The Labute approximate surface area is 142 Å². The number of benzene rings is 1. The quantitative estimate of drug-likeness (QED) is 0.886. The predicted octanol–water partition coefficient (Wildman–Crippen LogP) is 2.15. The topological polar surface area (TPSA) is 50.2 Å². The molecule has 0 bridgehead atoms. The van der Waals surface area contributed by atoms with E-state index in [0.717, 1.165) is 19.1 Å². The molecule has 24 heavy (non-hydrogen) atoms. The summed E-state index contributed by atoms with van der Waals surface area (Å²) in [6.45, 7) is 3.79. The van der Waals surface area contributed by atoms with Gasteiger partial charge in [0.1, 0.15) is 0 Å². The molecule has 1 aliphatic heterocycles. The van der Waals surface area contributed by atoms with Gasteiger partial charge in [0.2, 0.25) is 0 Å². The molecule has 1 N–H and O–H groups in total. The van der Waals surface area contributed by atoms with Crippen molar-refractivity contribution in [2.45, 2.75) is 31.8 Å². The van der Waals surface area contributed by atoms with Crippen LogP contribution in [0.1, 0.15) is 35.2 Å². The second-order valence-corrected chi connectivity index (χ2v) is 7.00. The van der Waals surface area contributed by atoms with Crippen molar-refractivity contribution in [3.63, 3.8) is 0 Å². The van der Waals surface area contributed by atoms with Gasteiger partial charge in [0.25, 0.3) is 5.91 Å². The summed E-state index contributed by atoms with van der Waals surface area (Å²) in [5, 5.41) is 7.38. The minimum absolute atomic E-state index is 0.0146. The van der Waals surface area contributed by atoms with E-state index in [4.69, 9.17) is 0 Å². The second-order valence-electron chi connectivity index (χ2n) is 7.00. The lowest BCUT2D eigenvalue weighted by Crippen LogP contribution is -2.31. The number of hydrogen-bond acceptors (Lipinski definition) is 3. The highest BCUT2D eigenvalue weighted by atomic mass is 16.1. The molecule has 1 aromatic heterocycles. The number of rotatable bonds is 6. The molecule has 2 fully saturated rings. The Bertz CT molecular complexity index is 692. The molecular formula is C19H24N4O. The lowest BCUT2D eigenvalue weighted by atomic mass is 10.1. The number of nitrogens with one attached hydrogen (secondary N) is 1. The standard InChI is InChI=1S/C19H24N4O/c24-19(20-10-16-8-9-22(12-16)18-6-7-18)17-11-21-23(14-17)13-15-4-2-1-3-5-15/h1-5,11,14,16,18H,6-10,12-13H2,(H,20,24). The van der Waals surface area contributed by atoms with Crippen molar-refractivity contribution < 1.29 is 4.79 Å². The number of amides is 1. The average molecular weight is 324 g/mol. The van der Waals surface area contributed by atoms with Crippen LogP contribution in [0, 0.1) is 5.92 Å². The normalized spacial score (nSPS) is 21.1. The second kappa shape index (κ2) is 6.77. The van der Waals surface area contributed by atoms with Crippen LogP contribution >= 0.6 is 0 Å². The van der Waals surface area contributed by atoms with E-state index in [1.54, 1.807) is 6.20 Å². The first kappa shape index (κ1) is 15.4. The van der Waals surface area contributed by atoms with Crippen molar-refractivity contribution in [2.75, 3.05) is 19.6 Å². The highest BCUT2D eigenvalue weighted by Crippen LogP contribution is 2.31. The fraction of sp³-hybridized carbons (Fsp3) is 0.474. The van der Waals surface area contributed by atoms with Crippen LogP contribution in [0.3, 0.4) is 0 Å². The number of carbonyl (C=O) groups excluding carboxylic acids is 1. The van der Waals surface area contributed by atoms with Gasteiger partial charge in [-0.05, 0) is 37.3 Å². The first-order valence-corrected chi connectivity index (χ1v) is 8.86. The van der Waals surface area contributed by atoms with Crippen LogP contribution in [0.2, 0.25) is 0 Å². The van der Waals surface area contributed by atoms with Crippen molar-refractivity contribution in [2.24, 2.45) is 5.92 Å². The summed E-state index contributed by atoms with van der Waals surface area (Å²) in [6.07, 6.45) is 7.40. The molecule has 0 radical (unpaired) electrons. The van der Waals surface area contributed by atoms with Gasteiger partial charge in [0.05, 0.1) is 18.3 Å². The molecule has 1 unspecified atom stereocenters. The van der Waals surface area contributed by atoms with Gasteiger partial charge in [-0.3, -0.25) is 9.48 Å². The molecule has 1 saturated carbocycles. The smallest absolute Gasteiger partial charge is 0.254 e. The maximum atomic E-state index is 12.3. The first-order valence-electron chi connectivity index (χ1n) is 8.86. The third-order valence-corrected chi connectivity index (χ3v) is 5.01. The summed E-state index contributed by atoms with van der Waals surface area (Å²) < 4.78 is 1.81. The highest BCUT2D eigenvalue weighted by Gasteiger charge is 2.34. The minimum atomic E-state index is -0.0146. The van der Waals surface area contributed by atoms with E-state index in [0.29, 0.717) is 18.0 Å². The lowest BCUT2D eigenvalue weighted by molar-refractivity contribution is 0.0947. The largest absolute Gasteiger partial charge is 0.352 e. The molecule has 2 heterocycles. The van der Waals surface area contributed by atoms with Crippen LogP contribution in [0.15, 0.2) is 42.7 Å². The van der Waals surface area contributed by atoms with Crippen molar-refractivity contribution in [3.8, 4) is 0 Å². The van der Waals surface area contributed by atoms with Gasteiger partial charge in [0.15, 0.2) is 0 Å². The molecule has 1 saturated heterocycles. The molecule has 5 heteroatoms. The molecule has 4 rings (SSSR count). The van der Waals surface area contributed by atoms with E-state index in [1.807, 2.05) is 29.1 Å². The van der Waals surface area contributed by atoms with Gasteiger partial charge in [-0.15, -0.1) is 0 Å². The van der Waals surface area contributed by atoms with Gasteiger partial charge in [-0.2, -0.15) is 5.10 Å². The van der Waals surface area contributed by atoms with E-state index in [-0.39, 0.29) is 5.91 Å². The fourth-order valence-electron chi connectivity index (χ4n) is 3.48. The van der Waals surface area contributed by atoms with Crippen LogP contribution in [0.25, 0.3) is 0 Å². The number of nitrogens with zero attached hydrogens (tertiary/aromatic N) is 3. The Balaban J connectivity index is 1.27. The van der Waals surface area contributed by atoms with E-state index >= 15 is 0 Å². The summed E-state index contributed by atoms with van der Waals surface area (Å²) in [7, 11) is 0. The maximum absolute atomic E-state index is 12.3. The van der Waals surface area contributed by atoms with Crippen LogP contribution < -0.4 is 5.32 Å². The molecule has 1 amide bonds. The van der Waals surface area contributed by atoms with E-state index in [9.17, 15) is 4.79 Å². The van der Waals surface area contributed by atoms with Crippen LogP contribution in [0.4, 0.5) is 0 Å². The molecule has 0 spiro atoms. The van der Waals surface area contributed by atoms with E-state index < -0.39 is 0 Å². The number of carbonyl (C=O) groups is 1. The fourth-order valence-corrected chi connectivity index (χ4v) is 3.48. The number of likely N-dealkylation sites (tertiary alicyclic amines) is 1. The van der Waals surface area contributed by atoms with E-state index in [2.05, 4.69) is 27.4 Å². The van der Waals surface area contributed by atoms with Crippen LogP contribution in [-0.2, 0) is 6.54 Å². The van der Waals surface area contributed by atoms with Crippen LogP contribution in [0.5, 0.6) is 0 Å². The zero-order valence-corrected chi connectivity index (χ0v) is 13.9. The van der Waals surface area contributed by atoms with Crippen molar-refractivity contribution in [1.82, 2.24) is 20.0 Å². The van der Waals surface area contributed by atoms with Gasteiger partial charge in [-0.1, -0.05) is 30.3 Å². The summed E-state index contributed by atoms with van der Waals surface area (Å²) in [5.41, 5.74) is 1.82. The van der Waals surface area contributed by atoms with Crippen molar-refractivity contribution in [1.29, 1.82) is 0 Å². The van der Waals surface area contributed by atoms with Gasteiger partial charge in [-0.25, -0.2) is 0 Å². The number of hydrogen-bond donors (Lipinski definition) is 1. The Morgan fingerprint density at radius 1 is 1.21 bits per heavy atom. The van der Waals surface area contributed by atoms with E-state index in [1.165, 1.54) is 31.4 Å². The Hall–Kier alpha value is -2.14. The zero-order chi connectivity index (χ0) is 16.4. The molecule has 126 valence electrons. The minimum Gasteiger partial charge on any atom is -0.352 e. The summed E-state index contributed by atoms with van der Waals surface area (Å²) >= 11 is 0. The summed E-state index contributed by atoms with van der Waals surface area (Å²) in [6, 6.07) is 11.0.